The number of nitrogens with zero attached hydrogens (tertiary/aromatic N) is 3. The highest BCUT2D eigenvalue weighted by Crippen LogP contribution is 2.38. The molecule has 0 aliphatic carbocycles. The fourth-order valence-electron chi connectivity index (χ4n) is 2.47. The summed E-state index contributed by atoms with van der Waals surface area (Å²) in [5.74, 6) is -2.55. The van der Waals surface area contributed by atoms with Gasteiger partial charge in [-0.2, -0.15) is 0 Å². The number of para-hydroxylation sites is 1. The fraction of sp³-hybridized carbons (Fsp3) is 0.0588. The standard InChI is InChI=1S/C17H11Cl2N3O4/c18-9-5-6-10(12(19)7-9)16(25)21-20-15-11-3-1-2-4-13(11)22(17(15)26)8-14(23)24/h1-7,26H,8H2,(H,23,24)/p-1. The molecule has 0 saturated carbocycles. The number of halogens is 2. The molecule has 7 nitrogen and oxygen atoms in total. The largest absolute Gasteiger partial charge is 0.548 e. The summed E-state index contributed by atoms with van der Waals surface area (Å²) in [5, 5.41) is 29.5. The number of carbonyl (C=O) groups excluding carboxylic acids is 2. The number of aromatic hydroxyl groups is 1. The third-order valence-corrected chi connectivity index (χ3v) is 4.15. The molecule has 132 valence electrons. The highest BCUT2D eigenvalue weighted by molar-refractivity contribution is 6.36. The first kappa shape index (κ1) is 17.9. The zero-order valence-corrected chi connectivity index (χ0v) is 14.5. The molecule has 0 bridgehead atoms. The van der Waals surface area contributed by atoms with Crippen molar-refractivity contribution in [2.24, 2.45) is 10.2 Å². The van der Waals surface area contributed by atoms with Crippen molar-refractivity contribution in [2.45, 2.75) is 6.54 Å². The van der Waals surface area contributed by atoms with Gasteiger partial charge in [-0.15, -0.1) is 10.2 Å². The van der Waals surface area contributed by atoms with E-state index in [1.807, 2.05) is 0 Å². The Bertz CT molecular complexity index is 1060. The van der Waals surface area contributed by atoms with Crippen molar-refractivity contribution in [3.63, 3.8) is 0 Å². The van der Waals surface area contributed by atoms with Gasteiger partial charge in [0.15, 0.2) is 5.69 Å². The van der Waals surface area contributed by atoms with Crippen LogP contribution in [0.2, 0.25) is 10.0 Å². The maximum Gasteiger partial charge on any atom is 0.296 e. The predicted molar refractivity (Wildman–Crippen MR) is 93.9 cm³/mol. The molecule has 3 rings (SSSR count). The van der Waals surface area contributed by atoms with Crippen LogP contribution in [0, 0.1) is 0 Å². The average molecular weight is 391 g/mol. The summed E-state index contributed by atoms with van der Waals surface area (Å²) in [6.45, 7) is -0.571. The molecule has 1 amide bonds. The number of carboxylic acids is 1. The minimum atomic E-state index is -1.38. The number of benzene rings is 2. The quantitative estimate of drug-likeness (QED) is 0.689. The van der Waals surface area contributed by atoms with Crippen LogP contribution in [0.5, 0.6) is 5.88 Å². The van der Waals surface area contributed by atoms with Crippen LogP contribution in [-0.2, 0) is 11.3 Å². The lowest BCUT2D eigenvalue weighted by Gasteiger charge is -2.06. The Morgan fingerprint density at radius 3 is 2.58 bits per heavy atom. The van der Waals surface area contributed by atoms with E-state index in [-0.39, 0.29) is 16.3 Å². The summed E-state index contributed by atoms with van der Waals surface area (Å²) < 4.78 is 1.11. The van der Waals surface area contributed by atoms with E-state index in [9.17, 15) is 19.8 Å². The number of rotatable bonds is 4. The predicted octanol–water partition coefficient (Wildman–Crippen LogP) is 3.33. The normalized spacial score (nSPS) is 11.3. The lowest BCUT2D eigenvalue weighted by atomic mass is 10.2. The number of aromatic nitrogens is 1. The Morgan fingerprint density at radius 2 is 1.88 bits per heavy atom. The third kappa shape index (κ3) is 3.40. The minimum absolute atomic E-state index is 0.0275. The van der Waals surface area contributed by atoms with Crippen molar-refractivity contribution in [1.82, 2.24) is 4.57 Å². The number of amides is 1. The van der Waals surface area contributed by atoms with Gasteiger partial charge in [-0.05, 0) is 24.3 Å². The van der Waals surface area contributed by atoms with Gasteiger partial charge < -0.3 is 19.6 Å². The third-order valence-electron chi connectivity index (χ3n) is 3.61. The van der Waals surface area contributed by atoms with Gasteiger partial charge in [-0.3, -0.25) is 4.79 Å². The summed E-state index contributed by atoms with van der Waals surface area (Å²) in [5.41, 5.74) is 0.484. The van der Waals surface area contributed by atoms with Gasteiger partial charge in [0.2, 0.25) is 5.88 Å². The van der Waals surface area contributed by atoms with Crippen molar-refractivity contribution in [3.05, 3.63) is 58.1 Å². The number of carbonyl (C=O) groups is 2. The number of hydrogen-bond acceptors (Lipinski definition) is 5. The van der Waals surface area contributed by atoms with Crippen molar-refractivity contribution in [1.29, 1.82) is 0 Å². The summed E-state index contributed by atoms with van der Waals surface area (Å²) in [4.78, 5) is 23.1. The maximum atomic E-state index is 12.2. The molecule has 0 radical (unpaired) electrons. The molecule has 0 aliphatic rings. The molecule has 2 aromatic carbocycles. The van der Waals surface area contributed by atoms with E-state index in [0.29, 0.717) is 15.9 Å². The van der Waals surface area contributed by atoms with Crippen molar-refractivity contribution < 1.29 is 19.8 Å². The summed E-state index contributed by atoms with van der Waals surface area (Å²) >= 11 is 11.7. The van der Waals surface area contributed by atoms with Gasteiger partial charge in [0, 0.05) is 10.4 Å². The Morgan fingerprint density at radius 1 is 1.15 bits per heavy atom. The molecular formula is C17H10Cl2N3O4-. The Kier molecular flexibility index (Phi) is 4.92. The Balaban J connectivity index is 2.03. The van der Waals surface area contributed by atoms with Gasteiger partial charge in [-0.25, -0.2) is 0 Å². The minimum Gasteiger partial charge on any atom is -0.548 e. The van der Waals surface area contributed by atoms with Gasteiger partial charge in [-0.1, -0.05) is 41.4 Å². The second-order valence-corrected chi connectivity index (χ2v) is 6.12. The molecule has 1 heterocycles. The van der Waals surface area contributed by atoms with Crippen LogP contribution in [0.3, 0.4) is 0 Å². The number of aliphatic carboxylic acids is 1. The van der Waals surface area contributed by atoms with Crippen LogP contribution in [0.25, 0.3) is 10.9 Å². The monoisotopic (exact) mass is 390 g/mol. The first-order chi connectivity index (χ1) is 12.4. The van der Waals surface area contributed by atoms with E-state index in [1.165, 1.54) is 18.2 Å². The van der Waals surface area contributed by atoms with Crippen molar-refractivity contribution in [3.8, 4) is 5.88 Å². The molecular weight excluding hydrogens is 381 g/mol. The number of carboxylic acid groups (broad SMARTS) is 1. The average Bonchev–Trinajstić information content (AvgIpc) is 2.84. The smallest absolute Gasteiger partial charge is 0.296 e. The Hall–Kier alpha value is -2.90. The lowest BCUT2D eigenvalue weighted by molar-refractivity contribution is -0.306. The first-order valence-electron chi connectivity index (χ1n) is 7.29. The van der Waals surface area contributed by atoms with E-state index in [2.05, 4.69) is 10.2 Å². The van der Waals surface area contributed by atoms with Gasteiger partial charge in [0.05, 0.1) is 28.6 Å². The van der Waals surface area contributed by atoms with Gasteiger partial charge >= 0.3 is 0 Å². The van der Waals surface area contributed by atoms with Crippen molar-refractivity contribution in [2.75, 3.05) is 0 Å². The zero-order chi connectivity index (χ0) is 18.8. The number of fused-ring (bicyclic) bond motifs is 1. The molecule has 0 spiro atoms. The molecule has 1 aromatic heterocycles. The SMILES string of the molecule is O=C([O-])Cn1c(O)c(N=NC(=O)c2ccc(Cl)cc2Cl)c2ccccc21. The van der Waals surface area contributed by atoms with Crippen molar-refractivity contribution >= 4 is 51.7 Å². The lowest BCUT2D eigenvalue weighted by Crippen LogP contribution is -2.27. The summed E-state index contributed by atoms with van der Waals surface area (Å²) in [6.07, 6.45) is 0. The maximum absolute atomic E-state index is 12.2. The van der Waals surface area contributed by atoms with E-state index >= 15 is 0 Å². The van der Waals surface area contributed by atoms with Crippen LogP contribution in [0.15, 0.2) is 52.7 Å². The van der Waals surface area contributed by atoms with Crippen LogP contribution in [-0.4, -0.2) is 21.6 Å². The molecule has 26 heavy (non-hydrogen) atoms. The Labute approximate surface area is 157 Å². The second kappa shape index (κ2) is 7.15. The first-order valence-corrected chi connectivity index (χ1v) is 8.05. The molecule has 0 fully saturated rings. The van der Waals surface area contributed by atoms with Gasteiger partial charge in [0.1, 0.15) is 0 Å². The molecule has 1 N–H and O–H groups in total. The summed E-state index contributed by atoms with van der Waals surface area (Å²) in [6, 6.07) is 10.9. The number of azo groups is 1. The fourth-order valence-corrected chi connectivity index (χ4v) is 2.96. The van der Waals surface area contributed by atoms with Crippen LogP contribution in [0.4, 0.5) is 5.69 Å². The second-order valence-electron chi connectivity index (χ2n) is 5.28. The van der Waals surface area contributed by atoms with Gasteiger partial charge in [0.25, 0.3) is 5.91 Å². The molecule has 0 saturated heterocycles. The van der Waals surface area contributed by atoms with Crippen LogP contribution in [0.1, 0.15) is 10.4 Å². The summed E-state index contributed by atoms with van der Waals surface area (Å²) in [7, 11) is 0. The number of hydrogen-bond donors (Lipinski definition) is 1. The van der Waals surface area contributed by atoms with E-state index in [4.69, 9.17) is 23.2 Å². The van der Waals surface area contributed by atoms with E-state index < -0.39 is 24.3 Å². The molecule has 0 unspecified atom stereocenters. The van der Waals surface area contributed by atoms with E-state index in [0.717, 1.165) is 4.57 Å². The molecule has 9 heteroatoms. The molecule has 3 aromatic rings. The highest BCUT2D eigenvalue weighted by atomic mass is 35.5. The van der Waals surface area contributed by atoms with Crippen LogP contribution < -0.4 is 5.11 Å². The molecule has 0 atom stereocenters. The molecule has 0 aliphatic heterocycles. The van der Waals surface area contributed by atoms with E-state index in [1.54, 1.807) is 24.3 Å². The highest BCUT2D eigenvalue weighted by Gasteiger charge is 2.17. The zero-order valence-electron chi connectivity index (χ0n) is 13.0. The topological polar surface area (TPSA) is 107 Å². The van der Waals surface area contributed by atoms with Crippen LogP contribution >= 0.6 is 23.2 Å².